The fourth-order valence-corrected chi connectivity index (χ4v) is 1.41. The Kier molecular flexibility index (Phi) is 5.04. The summed E-state index contributed by atoms with van der Waals surface area (Å²) in [6.07, 6.45) is 0.894. The Morgan fingerprint density at radius 3 is 2.57 bits per heavy atom. The molecule has 76 valence electrons. The van der Waals surface area contributed by atoms with Crippen LogP contribution in [0.3, 0.4) is 0 Å². The first-order valence-corrected chi connectivity index (χ1v) is 5.81. The van der Waals surface area contributed by atoms with Gasteiger partial charge in [-0.15, -0.1) is 0 Å². The average Bonchev–Trinajstić information content (AvgIpc) is 2.19. The molecule has 1 rings (SSSR count). The van der Waals surface area contributed by atoms with Gasteiger partial charge in [-0.05, 0) is 36.4 Å². The summed E-state index contributed by atoms with van der Waals surface area (Å²) in [4.78, 5) is 11.5. The number of halogens is 1. The minimum Gasteiger partial charge on any atom is -0.352 e. The summed E-state index contributed by atoms with van der Waals surface area (Å²) in [5.74, 6) is 0.764. The fourth-order valence-electron chi connectivity index (χ4n) is 0.984. The van der Waals surface area contributed by atoms with Gasteiger partial charge in [0.05, 0.1) is 0 Å². The van der Waals surface area contributed by atoms with Gasteiger partial charge in [0.15, 0.2) is 0 Å². The highest BCUT2D eigenvalue weighted by molar-refractivity contribution is 9.10. The van der Waals surface area contributed by atoms with Crippen LogP contribution in [0.25, 0.3) is 0 Å². The standard InChI is InChI=1S/C10H12BrNOS/c11-9-4-2-8(3-5-9)10(13)12-6-1-7-14/h2-5,14H,1,6-7H2,(H,12,13). The predicted molar refractivity (Wildman–Crippen MR) is 64.9 cm³/mol. The molecule has 0 aliphatic rings. The highest BCUT2D eigenvalue weighted by Gasteiger charge is 2.02. The number of carbonyl (C=O) groups is 1. The summed E-state index contributed by atoms with van der Waals surface area (Å²) in [7, 11) is 0. The van der Waals surface area contributed by atoms with E-state index in [2.05, 4.69) is 33.9 Å². The van der Waals surface area contributed by atoms with Gasteiger partial charge in [0, 0.05) is 16.6 Å². The van der Waals surface area contributed by atoms with Gasteiger partial charge in [0.2, 0.25) is 0 Å². The van der Waals surface area contributed by atoms with Gasteiger partial charge >= 0.3 is 0 Å². The number of hydrogen-bond donors (Lipinski definition) is 2. The lowest BCUT2D eigenvalue weighted by Gasteiger charge is -2.03. The molecular weight excluding hydrogens is 262 g/mol. The highest BCUT2D eigenvalue weighted by Crippen LogP contribution is 2.10. The van der Waals surface area contributed by atoms with Gasteiger partial charge in [-0.1, -0.05) is 15.9 Å². The van der Waals surface area contributed by atoms with Crippen molar-refractivity contribution in [3.63, 3.8) is 0 Å². The summed E-state index contributed by atoms with van der Waals surface area (Å²) < 4.78 is 0.976. The van der Waals surface area contributed by atoms with Gasteiger partial charge in [0.1, 0.15) is 0 Å². The second kappa shape index (κ2) is 6.09. The van der Waals surface area contributed by atoms with Crippen molar-refractivity contribution < 1.29 is 4.79 Å². The van der Waals surface area contributed by atoms with Crippen LogP contribution in [0.5, 0.6) is 0 Å². The Morgan fingerprint density at radius 2 is 2.00 bits per heavy atom. The lowest BCUT2D eigenvalue weighted by atomic mass is 10.2. The molecule has 0 bridgehead atoms. The van der Waals surface area contributed by atoms with Gasteiger partial charge < -0.3 is 5.32 Å². The Bertz CT molecular complexity index is 299. The van der Waals surface area contributed by atoms with Crippen LogP contribution in [0.1, 0.15) is 16.8 Å². The molecule has 0 radical (unpaired) electrons. The Hall–Kier alpha value is -0.480. The third kappa shape index (κ3) is 3.72. The van der Waals surface area contributed by atoms with Crippen molar-refractivity contribution in [1.29, 1.82) is 0 Å². The number of rotatable bonds is 4. The maximum absolute atomic E-state index is 11.5. The largest absolute Gasteiger partial charge is 0.352 e. The van der Waals surface area contributed by atoms with E-state index < -0.39 is 0 Å². The van der Waals surface area contributed by atoms with Crippen LogP contribution < -0.4 is 5.32 Å². The van der Waals surface area contributed by atoms with Gasteiger partial charge in [-0.25, -0.2) is 0 Å². The van der Waals surface area contributed by atoms with Crippen molar-refractivity contribution in [3.8, 4) is 0 Å². The topological polar surface area (TPSA) is 29.1 Å². The molecule has 0 saturated heterocycles. The van der Waals surface area contributed by atoms with E-state index in [1.807, 2.05) is 12.1 Å². The van der Waals surface area contributed by atoms with Crippen LogP contribution in [0.15, 0.2) is 28.7 Å². The second-order valence-corrected chi connectivity index (χ2v) is 4.20. The molecule has 1 aromatic rings. The van der Waals surface area contributed by atoms with Crippen LogP contribution in [0.2, 0.25) is 0 Å². The van der Waals surface area contributed by atoms with Crippen LogP contribution in [0, 0.1) is 0 Å². The summed E-state index contributed by atoms with van der Waals surface area (Å²) in [6, 6.07) is 7.29. The smallest absolute Gasteiger partial charge is 0.251 e. The fraction of sp³-hybridized carbons (Fsp3) is 0.300. The second-order valence-electron chi connectivity index (χ2n) is 2.84. The van der Waals surface area contributed by atoms with Crippen molar-refractivity contribution in [2.24, 2.45) is 0 Å². The number of benzene rings is 1. The van der Waals surface area contributed by atoms with Gasteiger partial charge in [0.25, 0.3) is 5.91 Å². The highest BCUT2D eigenvalue weighted by atomic mass is 79.9. The molecule has 0 saturated carbocycles. The molecule has 0 aromatic heterocycles. The van der Waals surface area contributed by atoms with E-state index in [4.69, 9.17) is 0 Å². The van der Waals surface area contributed by atoms with Gasteiger partial charge in [-0.3, -0.25) is 4.79 Å². The van der Waals surface area contributed by atoms with Crippen LogP contribution in [-0.4, -0.2) is 18.2 Å². The first-order chi connectivity index (χ1) is 6.74. The Labute approximate surface area is 97.6 Å². The zero-order chi connectivity index (χ0) is 10.4. The van der Waals surface area contributed by atoms with Crippen molar-refractivity contribution in [2.45, 2.75) is 6.42 Å². The van der Waals surface area contributed by atoms with Crippen LogP contribution in [0.4, 0.5) is 0 Å². The quantitative estimate of drug-likeness (QED) is 0.641. The maximum Gasteiger partial charge on any atom is 0.251 e. The minimum absolute atomic E-state index is 0.0284. The number of carbonyl (C=O) groups excluding carboxylic acids is 1. The molecule has 1 N–H and O–H groups in total. The summed E-state index contributed by atoms with van der Waals surface area (Å²) in [5, 5.41) is 2.82. The first-order valence-electron chi connectivity index (χ1n) is 4.38. The zero-order valence-electron chi connectivity index (χ0n) is 7.66. The predicted octanol–water partition coefficient (Wildman–Crippen LogP) is 2.50. The first kappa shape index (κ1) is 11.6. The molecule has 0 atom stereocenters. The molecule has 1 aromatic carbocycles. The van der Waals surface area contributed by atoms with E-state index in [-0.39, 0.29) is 5.91 Å². The van der Waals surface area contributed by atoms with Crippen molar-refractivity contribution >= 4 is 34.5 Å². The third-order valence-electron chi connectivity index (χ3n) is 1.73. The molecule has 0 heterocycles. The molecule has 0 spiro atoms. The Balaban J connectivity index is 2.48. The van der Waals surface area contributed by atoms with Crippen molar-refractivity contribution in [2.75, 3.05) is 12.3 Å². The molecule has 0 aliphatic heterocycles. The monoisotopic (exact) mass is 273 g/mol. The van der Waals surface area contributed by atoms with E-state index in [0.29, 0.717) is 12.1 Å². The Morgan fingerprint density at radius 1 is 1.36 bits per heavy atom. The SMILES string of the molecule is O=C(NCCCS)c1ccc(Br)cc1. The summed E-state index contributed by atoms with van der Waals surface area (Å²) in [5.41, 5.74) is 0.687. The molecule has 14 heavy (non-hydrogen) atoms. The summed E-state index contributed by atoms with van der Waals surface area (Å²) >= 11 is 7.38. The lowest BCUT2D eigenvalue weighted by molar-refractivity contribution is 0.0954. The van der Waals surface area contributed by atoms with Crippen LogP contribution in [-0.2, 0) is 0 Å². The van der Waals surface area contributed by atoms with E-state index in [1.165, 1.54) is 0 Å². The maximum atomic E-state index is 11.5. The summed E-state index contributed by atoms with van der Waals surface area (Å²) in [6.45, 7) is 0.679. The van der Waals surface area contributed by atoms with Crippen LogP contribution >= 0.6 is 28.6 Å². The molecule has 2 nitrogen and oxygen atoms in total. The van der Waals surface area contributed by atoms with E-state index in [0.717, 1.165) is 16.6 Å². The van der Waals surface area contributed by atoms with E-state index in [9.17, 15) is 4.79 Å². The number of hydrogen-bond acceptors (Lipinski definition) is 2. The number of nitrogens with one attached hydrogen (secondary N) is 1. The molecule has 0 aliphatic carbocycles. The third-order valence-corrected chi connectivity index (χ3v) is 2.57. The van der Waals surface area contributed by atoms with E-state index in [1.54, 1.807) is 12.1 Å². The van der Waals surface area contributed by atoms with Crippen molar-refractivity contribution in [3.05, 3.63) is 34.3 Å². The molecular formula is C10H12BrNOS. The zero-order valence-corrected chi connectivity index (χ0v) is 10.1. The molecule has 0 fully saturated rings. The van der Waals surface area contributed by atoms with Crippen molar-refractivity contribution in [1.82, 2.24) is 5.32 Å². The minimum atomic E-state index is -0.0284. The lowest BCUT2D eigenvalue weighted by Crippen LogP contribution is -2.24. The average molecular weight is 274 g/mol. The van der Waals surface area contributed by atoms with Gasteiger partial charge in [-0.2, -0.15) is 12.6 Å². The van der Waals surface area contributed by atoms with E-state index >= 15 is 0 Å². The molecule has 1 amide bonds. The number of thiol groups is 1. The number of amides is 1. The molecule has 4 heteroatoms. The normalized spacial score (nSPS) is 9.86. The molecule has 0 unspecified atom stereocenters.